The molecule has 0 aromatic carbocycles. The third kappa shape index (κ3) is 12.0. The second-order valence-electron chi connectivity index (χ2n) is 5.82. The second-order valence-corrected chi connectivity index (χ2v) is 5.82. The molecule has 0 radical (unpaired) electrons. The van der Waals surface area contributed by atoms with Gasteiger partial charge in [-0.2, -0.15) is 0 Å². The Morgan fingerprint density at radius 2 is 1.56 bits per heavy atom. The Kier molecular flexibility index (Phi) is 8.96. The van der Waals surface area contributed by atoms with Crippen LogP contribution in [-0.4, -0.2) is 23.3 Å². The number of hydrogen-bond donors (Lipinski definition) is 2. The van der Waals surface area contributed by atoms with E-state index in [9.17, 15) is 5.11 Å². The molecular formula is C14H31NO. The minimum atomic E-state index is -0.0683. The Morgan fingerprint density at radius 1 is 1.00 bits per heavy atom. The molecule has 0 amide bonds. The van der Waals surface area contributed by atoms with Crippen molar-refractivity contribution in [2.45, 2.75) is 84.3 Å². The second kappa shape index (κ2) is 9.00. The third-order valence-corrected chi connectivity index (χ3v) is 2.76. The van der Waals surface area contributed by atoms with E-state index in [4.69, 9.17) is 0 Å². The zero-order valence-corrected chi connectivity index (χ0v) is 11.7. The van der Waals surface area contributed by atoms with Crippen molar-refractivity contribution < 1.29 is 5.11 Å². The summed E-state index contributed by atoms with van der Waals surface area (Å²) in [6, 6.07) is 0. The van der Waals surface area contributed by atoms with Crippen LogP contribution in [-0.2, 0) is 0 Å². The van der Waals surface area contributed by atoms with Crippen LogP contribution in [0, 0.1) is 0 Å². The SMILES string of the molecule is CCCCC[C@H](O)CCCCNC(C)(C)C. The highest BCUT2D eigenvalue weighted by Gasteiger charge is 2.08. The molecule has 2 N–H and O–H groups in total. The molecule has 0 aliphatic rings. The average molecular weight is 229 g/mol. The molecule has 0 heterocycles. The molecule has 98 valence electrons. The van der Waals surface area contributed by atoms with E-state index >= 15 is 0 Å². The molecule has 0 saturated heterocycles. The highest BCUT2D eigenvalue weighted by Crippen LogP contribution is 2.09. The molecule has 1 atom stereocenters. The summed E-state index contributed by atoms with van der Waals surface area (Å²) in [6.45, 7) is 9.82. The van der Waals surface area contributed by atoms with Gasteiger partial charge in [-0.3, -0.25) is 0 Å². The first kappa shape index (κ1) is 15.9. The number of aliphatic hydroxyl groups excluding tert-OH is 1. The van der Waals surface area contributed by atoms with Crippen LogP contribution in [0.2, 0.25) is 0 Å². The monoisotopic (exact) mass is 229 g/mol. The zero-order chi connectivity index (χ0) is 12.4. The van der Waals surface area contributed by atoms with Crippen molar-refractivity contribution in [1.29, 1.82) is 0 Å². The minimum Gasteiger partial charge on any atom is -0.393 e. The largest absolute Gasteiger partial charge is 0.393 e. The lowest BCUT2D eigenvalue weighted by Gasteiger charge is -2.20. The van der Waals surface area contributed by atoms with Gasteiger partial charge in [0.15, 0.2) is 0 Å². The molecule has 0 fully saturated rings. The summed E-state index contributed by atoms with van der Waals surface area (Å²) < 4.78 is 0. The van der Waals surface area contributed by atoms with Crippen molar-refractivity contribution in [3.63, 3.8) is 0 Å². The lowest BCUT2D eigenvalue weighted by atomic mass is 10.0. The molecule has 2 nitrogen and oxygen atoms in total. The lowest BCUT2D eigenvalue weighted by molar-refractivity contribution is 0.147. The van der Waals surface area contributed by atoms with Crippen LogP contribution in [0.3, 0.4) is 0 Å². The molecule has 0 spiro atoms. The van der Waals surface area contributed by atoms with Gasteiger partial charge >= 0.3 is 0 Å². The van der Waals surface area contributed by atoms with E-state index in [0.717, 1.165) is 25.8 Å². The predicted molar refractivity (Wildman–Crippen MR) is 71.8 cm³/mol. The smallest absolute Gasteiger partial charge is 0.0540 e. The van der Waals surface area contributed by atoms with Crippen molar-refractivity contribution in [3.05, 3.63) is 0 Å². The standard InChI is InChI=1S/C14H31NO/c1-5-6-7-10-13(16)11-8-9-12-15-14(2,3)4/h13,15-16H,5-12H2,1-4H3/t13-/m0/s1. The number of rotatable bonds is 9. The van der Waals surface area contributed by atoms with Crippen LogP contribution < -0.4 is 5.32 Å². The average Bonchev–Trinajstić information content (AvgIpc) is 2.16. The molecule has 0 aliphatic carbocycles. The molecular weight excluding hydrogens is 198 g/mol. The quantitative estimate of drug-likeness (QED) is 0.593. The molecule has 0 aliphatic heterocycles. The van der Waals surface area contributed by atoms with Gasteiger partial charge in [-0.15, -0.1) is 0 Å². The molecule has 0 aromatic rings. The number of nitrogens with one attached hydrogen (secondary N) is 1. The van der Waals surface area contributed by atoms with Crippen molar-refractivity contribution in [2.75, 3.05) is 6.54 Å². The summed E-state index contributed by atoms with van der Waals surface area (Å²) >= 11 is 0. The summed E-state index contributed by atoms with van der Waals surface area (Å²) in [6.07, 6.45) is 7.86. The van der Waals surface area contributed by atoms with E-state index in [0.29, 0.717) is 0 Å². The van der Waals surface area contributed by atoms with Crippen molar-refractivity contribution in [1.82, 2.24) is 5.32 Å². The first-order chi connectivity index (χ1) is 7.45. The van der Waals surface area contributed by atoms with Crippen LogP contribution in [0.4, 0.5) is 0 Å². The van der Waals surface area contributed by atoms with E-state index in [1.54, 1.807) is 0 Å². The third-order valence-electron chi connectivity index (χ3n) is 2.76. The maximum Gasteiger partial charge on any atom is 0.0540 e. The number of hydrogen-bond acceptors (Lipinski definition) is 2. The lowest BCUT2D eigenvalue weighted by Crippen LogP contribution is -2.36. The fraction of sp³-hybridized carbons (Fsp3) is 1.00. The van der Waals surface area contributed by atoms with Crippen molar-refractivity contribution in [2.24, 2.45) is 0 Å². The molecule has 2 heteroatoms. The summed E-state index contributed by atoms with van der Waals surface area (Å²) in [4.78, 5) is 0. The molecule has 0 aromatic heterocycles. The Hall–Kier alpha value is -0.0800. The maximum atomic E-state index is 9.71. The van der Waals surface area contributed by atoms with E-state index in [1.165, 1.54) is 25.7 Å². The Bertz CT molecular complexity index is 151. The van der Waals surface area contributed by atoms with E-state index in [2.05, 4.69) is 33.0 Å². The molecule has 0 unspecified atom stereocenters. The highest BCUT2D eigenvalue weighted by atomic mass is 16.3. The Labute approximate surface area is 102 Å². The first-order valence-electron chi connectivity index (χ1n) is 6.89. The summed E-state index contributed by atoms with van der Waals surface area (Å²) in [5.41, 5.74) is 0.222. The van der Waals surface area contributed by atoms with Gasteiger partial charge in [0.1, 0.15) is 0 Å². The van der Waals surface area contributed by atoms with Gasteiger partial charge in [0.2, 0.25) is 0 Å². The van der Waals surface area contributed by atoms with Crippen molar-refractivity contribution >= 4 is 0 Å². The molecule has 16 heavy (non-hydrogen) atoms. The summed E-state index contributed by atoms with van der Waals surface area (Å²) in [7, 11) is 0. The van der Waals surface area contributed by atoms with Crippen LogP contribution in [0.1, 0.15) is 72.6 Å². The summed E-state index contributed by atoms with van der Waals surface area (Å²) in [5.74, 6) is 0. The van der Waals surface area contributed by atoms with Gasteiger partial charge in [0, 0.05) is 5.54 Å². The molecule has 0 saturated carbocycles. The van der Waals surface area contributed by atoms with Crippen LogP contribution in [0.5, 0.6) is 0 Å². The predicted octanol–water partition coefficient (Wildman–Crippen LogP) is 3.49. The van der Waals surface area contributed by atoms with Crippen molar-refractivity contribution in [3.8, 4) is 0 Å². The molecule has 0 bridgehead atoms. The van der Waals surface area contributed by atoms with E-state index in [-0.39, 0.29) is 11.6 Å². The Balaban J connectivity index is 3.24. The van der Waals surface area contributed by atoms with Gasteiger partial charge in [-0.05, 0) is 53.0 Å². The van der Waals surface area contributed by atoms with Gasteiger partial charge in [0.25, 0.3) is 0 Å². The minimum absolute atomic E-state index is 0.0683. The molecule has 0 rings (SSSR count). The highest BCUT2D eigenvalue weighted by molar-refractivity contribution is 4.69. The van der Waals surface area contributed by atoms with Gasteiger partial charge in [-0.1, -0.05) is 26.2 Å². The fourth-order valence-corrected chi connectivity index (χ4v) is 1.74. The topological polar surface area (TPSA) is 32.3 Å². The maximum absolute atomic E-state index is 9.71. The van der Waals surface area contributed by atoms with Crippen LogP contribution in [0.25, 0.3) is 0 Å². The van der Waals surface area contributed by atoms with E-state index < -0.39 is 0 Å². The van der Waals surface area contributed by atoms with E-state index in [1.807, 2.05) is 0 Å². The fourth-order valence-electron chi connectivity index (χ4n) is 1.74. The van der Waals surface area contributed by atoms with Crippen LogP contribution in [0.15, 0.2) is 0 Å². The first-order valence-corrected chi connectivity index (χ1v) is 6.89. The number of unbranched alkanes of at least 4 members (excludes halogenated alkanes) is 3. The van der Waals surface area contributed by atoms with Crippen LogP contribution >= 0.6 is 0 Å². The van der Waals surface area contributed by atoms with Gasteiger partial charge < -0.3 is 10.4 Å². The normalized spacial score (nSPS) is 14.1. The number of aliphatic hydroxyl groups is 1. The van der Waals surface area contributed by atoms with Gasteiger partial charge in [0.05, 0.1) is 6.10 Å². The zero-order valence-electron chi connectivity index (χ0n) is 11.7. The van der Waals surface area contributed by atoms with Gasteiger partial charge in [-0.25, -0.2) is 0 Å². The summed E-state index contributed by atoms with van der Waals surface area (Å²) in [5, 5.41) is 13.2. The Morgan fingerprint density at radius 3 is 2.06 bits per heavy atom.